The van der Waals surface area contributed by atoms with Crippen LogP contribution in [0.4, 0.5) is 0 Å². The van der Waals surface area contributed by atoms with E-state index in [1.165, 1.54) is 10.9 Å². The van der Waals surface area contributed by atoms with Crippen LogP contribution < -0.4 is 4.74 Å². The van der Waals surface area contributed by atoms with Gasteiger partial charge in [0.1, 0.15) is 5.75 Å². The molecule has 3 rings (SSSR count). The number of fused-ring (bicyclic) bond motifs is 1. The van der Waals surface area contributed by atoms with Crippen LogP contribution in [0.3, 0.4) is 0 Å². The van der Waals surface area contributed by atoms with Crippen molar-refractivity contribution in [2.45, 2.75) is 6.42 Å². The fourth-order valence-corrected chi connectivity index (χ4v) is 2.60. The molecule has 4 heteroatoms. The average molecular weight is 260 g/mol. The molecule has 0 saturated carbocycles. The van der Waals surface area contributed by atoms with Gasteiger partial charge < -0.3 is 14.5 Å². The summed E-state index contributed by atoms with van der Waals surface area (Å²) >= 11 is 0. The lowest BCUT2D eigenvalue weighted by Gasteiger charge is -2.26. The standard InChI is InChI=1S/C15H20N2O2/c1-18-13-2-3-14-12(11-16-15(14)10-13)4-5-17-6-8-19-9-7-17/h2-3,10-11,16H,4-9H2,1H3. The minimum absolute atomic E-state index is 0.866. The highest BCUT2D eigenvalue weighted by Gasteiger charge is 2.11. The molecular formula is C15H20N2O2. The number of aromatic amines is 1. The van der Waals surface area contributed by atoms with Crippen molar-refractivity contribution in [2.75, 3.05) is 40.0 Å². The number of rotatable bonds is 4. The number of H-pyrrole nitrogens is 1. The van der Waals surface area contributed by atoms with Crippen LogP contribution in [0.2, 0.25) is 0 Å². The van der Waals surface area contributed by atoms with Gasteiger partial charge in [0, 0.05) is 42.8 Å². The molecule has 0 amide bonds. The van der Waals surface area contributed by atoms with E-state index in [-0.39, 0.29) is 0 Å². The van der Waals surface area contributed by atoms with E-state index in [0.717, 1.165) is 50.5 Å². The number of nitrogens with one attached hydrogen (secondary N) is 1. The van der Waals surface area contributed by atoms with Crippen LogP contribution in [0.15, 0.2) is 24.4 Å². The maximum absolute atomic E-state index is 5.37. The number of hydrogen-bond acceptors (Lipinski definition) is 3. The van der Waals surface area contributed by atoms with Gasteiger partial charge in [0.2, 0.25) is 0 Å². The first-order valence-electron chi connectivity index (χ1n) is 6.81. The van der Waals surface area contributed by atoms with Gasteiger partial charge in [-0.1, -0.05) is 0 Å². The summed E-state index contributed by atoms with van der Waals surface area (Å²) in [7, 11) is 1.70. The van der Waals surface area contributed by atoms with E-state index >= 15 is 0 Å². The highest BCUT2D eigenvalue weighted by Crippen LogP contribution is 2.23. The minimum atomic E-state index is 0.866. The van der Waals surface area contributed by atoms with Gasteiger partial charge in [-0.05, 0) is 24.1 Å². The molecule has 1 saturated heterocycles. The molecular weight excluding hydrogens is 240 g/mol. The first-order chi connectivity index (χ1) is 9.36. The molecule has 1 aromatic carbocycles. The number of aromatic nitrogens is 1. The summed E-state index contributed by atoms with van der Waals surface area (Å²) in [5.74, 6) is 0.897. The quantitative estimate of drug-likeness (QED) is 0.914. The summed E-state index contributed by atoms with van der Waals surface area (Å²) in [5.41, 5.74) is 2.53. The van der Waals surface area contributed by atoms with Crippen molar-refractivity contribution in [1.82, 2.24) is 9.88 Å². The summed E-state index contributed by atoms with van der Waals surface area (Å²) in [6.07, 6.45) is 3.19. The average Bonchev–Trinajstić information content (AvgIpc) is 2.88. The highest BCUT2D eigenvalue weighted by molar-refractivity contribution is 5.84. The summed E-state index contributed by atoms with van der Waals surface area (Å²) in [4.78, 5) is 5.79. The Hall–Kier alpha value is -1.52. The lowest BCUT2D eigenvalue weighted by molar-refractivity contribution is 0.0385. The third-order valence-electron chi connectivity index (χ3n) is 3.78. The van der Waals surface area contributed by atoms with E-state index in [1.54, 1.807) is 7.11 Å². The Labute approximate surface area is 113 Å². The van der Waals surface area contributed by atoms with Crippen LogP contribution in [-0.2, 0) is 11.2 Å². The molecule has 102 valence electrons. The predicted molar refractivity (Wildman–Crippen MR) is 75.8 cm³/mol. The number of nitrogens with zero attached hydrogens (tertiary/aromatic N) is 1. The normalized spacial score (nSPS) is 16.9. The second kappa shape index (κ2) is 5.63. The number of methoxy groups -OCH3 is 1. The lowest BCUT2D eigenvalue weighted by Crippen LogP contribution is -2.37. The maximum atomic E-state index is 5.37. The molecule has 0 aliphatic carbocycles. The van der Waals surface area contributed by atoms with Gasteiger partial charge in [-0.25, -0.2) is 0 Å². The zero-order valence-electron chi connectivity index (χ0n) is 11.3. The van der Waals surface area contributed by atoms with Crippen LogP contribution in [0.1, 0.15) is 5.56 Å². The van der Waals surface area contributed by atoms with Crippen LogP contribution in [0, 0.1) is 0 Å². The Kier molecular flexibility index (Phi) is 3.71. The molecule has 1 aliphatic heterocycles. The molecule has 0 unspecified atom stereocenters. The number of hydrogen-bond donors (Lipinski definition) is 1. The van der Waals surface area contributed by atoms with Crippen molar-refractivity contribution in [3.8, 4) is 5.75 Å². The Morgan fingerprint density at radius 3 is 2.95 bits per heavy atom. The molecule has 1 fully saturated rings. The van der Waals surface area contributed by atoms with Gasteiger partial charge in [0.15, 0.2) is 0 Å². The number of ether oxygens (including phenoxy) is 2. The predicted octanol–water partition coefficient (Wildman–Crippen LogP) is 2.05. The minimum Gasteiger partial charge on any atom is -0.497 e. The summed E-state index contributed by atoms with van der Waals surface area (Å²) in [5, 5.41) is 1.30. The number of benzene rings is 1. The molecule has 0 radical (unpaired) electrons. The third kappa shape index (κ3) is 2.74. The molecule has 1 N–H and O–H groups in total. The van der Waals surface area contributed by atoms with Crippen LogP contribution in [-0.4, -0.2) is 49.8 Å². The van der Waals surface area contributed by atoms with Crippen LogP contribution in [0.25, 0.3) is 10.9 Å². The van der Waals surface area contributed by atoms with Gasteiger partial charge in [-0.15, -0.1) is 0 Å². The van der Waals surface area contributed by atoms with Crippen LogP contribution >= 0.6 is 0 Å². The zero-order chi connectivity index (χ0) is 13.1. The summed E-state index contributed by atoms with van der Waals surface area (Å²) < 4.78 is 10.6. The van der Waals surface area contributed by atoms with Gasteiger partial charge in [-0.3, -0.25) is 4.90 Å². The molecule has 19 heavy (non-hydrogen) atoms. The maximum Gasteiger partial charge on any atom is 0.120 e. The lowest BCUT2D eigenvalue weighted by atomic mass is 10.1. The third-order valence-corrected chi connectivity index (χ3v) is 3.78. The fourth-order valence-electron chi connectivity index (χ4n) is 2.60. The summed E-state index contributed by atoms with van der Waals surface area (Å²) in [6.45, 7) is 4.94. The van der Waals surface area contributed by atoms with Crippen molar-refractivity contribution < 1.29 is 9.47 Å². The van der Waals surface area contributed by atoms with Crippen molar-refractivity contribution in [3.63, 3.8) is 0 Å². The van der Waals surface area contributed by atoms with E-state index in [4.69, 9.17) is 9.47 Å². The van der Waals surface area contributed by atoms with Crippen molar-refractivity contribution in [2.24, 2.45) is 0 Å². The topological polar surface area (TPSA) is 37.5 Å². The largest absolute Gasteiger partial charge is 0.497 e. The Balaban J connectivity index is 1.70. The van der Waals surface area contributed by atoms with E-state index < -0.39 is 0 Å². The second-order valence-electron chi connectivity index (χ2n) is 4.93. The number of morpholine rings is 1. The zero-order valence-corrected chi connectivity index (χ0v) is 11.3. The molecule has 1 aliphatic rings. The SMILES string of the molecule is COc1ccc2c(CCN3CCOCC3)c[nH]c2c1. The van der Waals surface area contributed by atoms with Crippen molar-refractivity contribution in [1.29, 1.82) is 0 Å². The van der Waals surface area contributed by atoms with Crippen molar-refractivity contribution >= 4 is 10.9 Å². The second-order valence-corrected chi connectivity index (χ2v) is 4.93. The molecule has 4 nitrogen and oxygen atoms in total. The Morgan fingerprint density at radius 1 is 1.32 bits per heavy atom. The molecule has 0 atom stereocenters. The fraction of sp³-hybridized carbons (Fsp3) is 0.467. The molecule has 0 bridgehead atoms. The highest BCUT2D eigenvalue weighted by atomic mass is 16.5. The van der Waals surface area contributed by atoms with E-state index in [2.05, 4.69) is 22.1 Å². The van der Waals surface area contributed by atoms with Gasteiger partial charge in [0.05, 0.1) is 20.3 Å². The Morgan fingerprint density at radius 2 is 2.16 bits per heavy atom. The molecule has 1 aromatic heterocycles. The smallest absolute Gasteiger partial charge is 0.120 e. The van der Waals surface area contributed by atoms with Crippen molar-refractivity contribution in [3.05, 3.63) is 30.0 Å². The molecule has 0 spiro atoms. The van der Waals surface area contributed by atoms with Gasteiger partial charge in [-0.2, -0.15) is 0 Å². The monoisotopic (exact) mass is 260 g/mol. The van der Waals surface area contributed by atoms with Crippen LogP contribution in [0.5, 0.6) is 5.75 Å². The van der Waals surface area contributed by atoms with Gasteiger partial charge >= 0.3 is 0 Å². The summed E-state index contributed by atoms with van der Waals surface area (Å²) in [6, 6.07) is 6.21. The van der Waals surface area contributed by atoms with E-state index in [0.29, 0.717) is 0 Å². The van der Waals surface area contributed by atoms with Gasteiger partial charge in [0.25, 0.3) is 0 Å². The first-order valence-corrected chi connectivity index (χ1v) is 6.81. The van der Waals surface area contributed by atoms with E-state index in [9.17, 15) is 0 Å². The molecule has 2 aromatic rings. The Bertz CT molecular complexity index is 544. The van der Waals surface area contributed by atoms with E-state index in [1.807, 2.05) is 12.1 Å². The first kappa shape index (κ1) is 12.5. The molecule has 2 heterocycles.